The van der Waals surface area contributed by atoms with Crippen LogP contribution in [-0.2, 0) is 4.79 Å². The molecule has 0 saturated carbocycles. The first-order valence-corrected chi connectivity index (χ1v) is 6.63. The van der Waals surface area contributed by atoms with E-state index in [1.807, 2.05) is 38.1 Å². The van der Waals surface area contributed by atoms with Gasteiger partial charge < -0.3 is 10.4 Å². The number of aromatic hydroxyl groups is 1. The van der Waals surface area contributed by atoms with Gasteiger partial charge in [0.1, 0.15) is 5.75 Å². The van der Waals surface area contributed by atoms with E-state index in [9.17, 15) is 9.90 Å². The number of carbonyl (C=O) groups excluding carboxylic acids is 1. The number of hydrogen-bond donors (Lipinski definition) is 2. The lowest BCUT2D eigenvalue weighted by Crippen LogP contribution is -2.17. The molecule has 0 aliphatic heterocycles. The van der Waals surface area contributed by atoms with Crippen LogP contribution in [0.5, 0.6) is 5.75 Å². The topological polar surface area (TPSA) is 49.3 Å². The van der Waals surface area contributed by atoms with Gasteiger partial charge in [-0.15, -0.1) is 11.3 Å². The quantitative estimate of drug-likeness (QED) is 0.884. The minimum absolute atomic E-state index is 0.0107. The van der Waals surface area contributed by atoms with E-state index in [1.54, 1.807) is 11.4 Å². The van der Waals surface area contributed by atoms with E-state index in [0.717, 1.165) is 16.1 Å². The first kappa shape index (κ1) is 12.6. The van der Waals surface area contributed by atoms with Gasteiger partial charge in [-0.2, -0.15) is 0 Å². The molecule has 0 aliphatic rings. The number of amides is 1. The zero-order chi connectivity index (χ0) is 13.1. The summed E-state index contributed by atoms with van der Waals surface area (Å²) in [4.78, 5) is 12.5. The van der Waals surface area contributed by atoms with Crippen LogP contribution in [0.3, 0.4) is 0 Å². The SMILES string of the molecule is CC(C)C(=O)Nc1ccc(-c2cc(O)cs2)cc1. The van der Waals surface area contributed by atoms with Crippen LogP contribution in [0.2, 0.25) is 0 Å². The van der Waals surface area contributed by atoms with Crippen molar-refractivity contribution in [1.82, 2.24) is 0 Å². The minimum atomic E-state index is -0.0288. The number of carbonyl (C=O) groups is 1. The number of thiophene rings is 1. The van der Waals surface area contributed by atoms with Crippen LogP contribution < -0.4 is 5.32 Å². The van der Waals surface area contributed by atoms with E-state index in [1.165, 1.54) is 11.3 Å². The number of rotatable bonds is 3. The maximum atomic E-state index is 11.5. The van der Waals surface area contributed by atoms with Crippen LogP contribution in [0.4, 0.5) is 5.69 Å². The van der Waals surface area contributed by atoms with Crippen LogP contribution >= 0.6 is 11.3 Å². The van der Waals surface area contributed by atoms with Crippen molar-refractivity contribution in [3.63, 3.8) is 0 Å². The smallest absolute Gasteiger partial charge is 0.226 e. The molecule has 0 atom stereocenters. The van der Waals surface area contributed by atoms with Gasteiger partial charge in [0.15, 0.2) is 0 Å². The van der Waals surface area contributed by atoms with E-state index in [-0.39, 0.29) is 17.6 Å². The molecule has 3 nitrogen and oxygen atoms in total. The van der Waals surface area contributed by atoms with Crippen molar-refractivity contribution >= 4 is 22.9 Å². The van der Waals surface area contributed by atoms with Crippen LogP contribution in [0.15, 0.2) is 35.7 Å². The molecule has 18 heavy (non-hydrogen) atoms. The highest BCUT2D eigenvalue weighted by molar-refractivity contribution is 7.13. The van der Waals surface area contributed by atoms with Crippen molar-refractivity contribution in [2.24, 2.45) is 5.92 Å². The maximum absolute atomic E-state index is 11.5. The van der Waals surface area contributed by atoms with Gasteiger partial charge in [0.05, 0.1) is 0 Å². The third-order valence-corrected chi connectivity index (χ3v) is 3.51. The Labute approximate surface area is 110 Å². The van der Waals surface area contributed by atoms with Gasteiger partial charge in [0.25, 0.3) is 0 Å². The maximum Gasteiger partial charge on any atom is 0.226 e. The molecule has 2 rings (SSSR count). The number of anilines is 1. The molecule has 2 aromatic rings. The molecule has 0 fully saturated rings. The van der Waals surface area contributed by atoms with Gasteiger partial charge in [-0.3, -0.25) is 4.79 Å². The standard InChI is InChI=1S/C14H15NO2S/c1-9(2)14(17)15-11-5-3-10(4-6-11)13-7-12(16)8-18-13/h3-9,16H,1-2H3,(H,15,17). The highest BCUT2D eigenvalue weighted by Gasteiger charge is 2.07. The molecule has 94 valence electrons. The van der Waals surface area contributed by atoms with Gasteiger partial charge in [0, 0.05) is 21.9 Å². The highest BCUT2D eigenvalue weighted by atomic mass is 32.1. The molecule has 1 aromatic carbocycles. The Morgan fingerprint density at radius 1 is 1.28 bits per heavy atom. The number of nitrogens with one attached hydrogen (secondary N) is 1. The van der Waals surface area contributed by atoms with Crippen molar-refractivity contribution in [3.05, 3.63) is 35.7 Å². The molecule has 0 unspecified atom stereocenters. The monoisotopic (exact) mass is 261 g/mol. The molecular weight excluding hydrogens is 246 g/mol. The summed E-state index contributed by atoms with van der Waals surface area (Å²) in [6.45, 7) is 3.72. The fourth-order valence-electron chi connectivity index (χ4n) is 1.48. The summed E-state index contributed by atoms with van der Waals surface area (Å²) < 4.78 is 0. The molecule has 2 N–H and O–H groups in total. The Hall–Kier alpha value is -1.81. The summed E-state index contributed by atoms with van der Waals surface area (Å²) >= 11 is 1.49. The van der Waals surface area contributed by atoms with Crippen molar-refractivity contribution < 1.29 is 9.90 Å². The third-order valence-electron chi connectivity index (χ3n) is 2.55. The zero-order valence-electron chi connectivity index (χ0n) is 10.3. The molecule has 4 heteroatoms. The van der Waals surface area contributed by atoms with Crippen molar-refractivity contribution in [2.45, 2.75) is 13.8 Å². The van der Waals surface area contributed by atoms with Crippen LogP contribution in [0.25, 0.3) is 10.4 Å². The highest BCUT2D eigenvalue weighted by Crippen LogP contribution is 2.30. The molecule has 0 aliphatic carbocycles. The van der Waals surface area contributed by atoms with Crippen LogP contribution in [0.1, 0.15) is 13.8 Å². The summed E-state index contributed by atoms with van der Waals surface area (Å²) in [5.41, 5.74) is 1.82. The van der Waals surface area contributed by atoms with E-state index >= 15 is 0 Å². The third kappa shape index (κ3) is 2.90. The Morgan fingerprint density at radius 3 is 2.44 bits per heavy atom. The lowest BCUT2D eigenvalue weighted by Gasteiger charge is -2.07. The van der Waals surface area contributed by atoms with Gasteiger partial charge in [-0.25, -0.2) is 0 Å². The van der Waals surface area contributed by atoms with Crippen LogP contribution in [0, 0.1) is 5.92 Å². The lowest BCUT2D eigenvalue weighted by atomic mass is 10.1. The molecular formula is C14H15NO2S. The molecule has 0 spiro atoms. The summed E-state index contributed by atoms with van der Waals surface area (Å²) in [6.07, 6.45) is 0. The van der Waals surface area contributed by atoms with Gasteiger partial charge >= 0.3 is 0 Å². The van der Waals surface area contributed by atoms with Gasteiger partial charge in [-0.1, -0.05) is 26.0 Å². The predicted molar refractivity (Wildman–Crippen MR) is 74.9 cm³/mol. The van der Waals surface area contributed by atoms with Crippen molar-refractivity contribution in [3.8, 4) is 16.2 Å². The van der Waals surface area contributed by atoms with Crippen molar-refractivity contribution in [1.29, 1.82) is 0 Å². The van der Waals surface area contributed by atoms with Crippen LogP contribution in [-0.4, -0.2) is 11.0 Å². The predicted octanol–water partition coefficient (Wildman–Crippen LogP) is 3.72. The Bertz CT molecular complexity index is 543. The second kappa shape index (κ2) is 5.23. The summed E-state index contributed by atoms with van der Waals surface area (Å²) in [5, 5.41) is 13.8. The average molecular weight is 261 g/mol. The molecule has 0 saturated heterocycles. The lowest BCUT2D eigenvalue weighted by molar-refractivity contribution is -0.118. The normalized spacial score (nSPS) is 10.6. The van der Waals surface area contributed by atoms with E-state index in [0.29, 0.717) is 0 Å². The first-order chi connectivity index (χ1) is 8.56. The molecule has 1 heterocycles. The van der Waals surface area contributed by atoms with Gasteiger partial charge in [0.2, 0.25) is 5.91 Å². The Balaban J connectivity index is 2.13. The average Bonchev–Trinajstić information content (AvgIpc) is 2.76. The Morgan fingerprint density at radius 2 is 1.94 bits per heavy atom. The second-order valence-electron chi connectivity index (χ2n) is 4.39. The van der Waals surface area contributed by atoms with E-state index in [2.05, 4.69) is 5.32 Å². The number of benzene rings is 1. The summed E-state index contributed by atoms with van der Waals surface area (Å²) in [5.74, 6) is 0.266. The zero-order valence-corrected chi connectivity index (χ0v) is 11.1. The fraction of sp³-hybridized carbons (Fsp3) is 0.214. The number of hydrogen-bond acceptors (Lipinski definition) is 3. The molecule has 0 bridgehead atoms. The van der Waals surface area contributed by atoms with E-state index < -0.39 is 0 Å². The Kier molecular flexibility index (Phi) is 3.67. The summed E-state index contributed by atoms with van der Waals surface area (Å²) in [6, 6.07) is 9.33. The van der Waals surface area contributed by atoms with Crippen molar-refractivity contribution in [2.75, 3.05) is 5.32 Å². The van der Waals surface area contributed by atoms with E-state index in [4.69, 9.17) is 0 Å². The van der Waals surface area contributed by atoms with Gasteiger partial charge in [-0.05, 0) is 23.8 Å². The largest absolute Gasteiger partial charge is 0.507 e. The fourth-order valence-corrected chi connectivity index (χ4v) is 2.26. The molecule has 1 amide bonds. The molecule has 1 aromatic heterocycles. The first-order valence-electron chi connectivity index (χ1n) is 5.75. The summed E-state index contributed by atoms with van der Waals surface area (Å²) in [7, 11) is 0. The molecule has 0 radical (unpaired) electrons. The minimum Gasteiger partial charge on any atom is -0.507 e. The second-order valence-corrected chi connectivity index (χ2v) is 5.30.